The van der Waals surface area contributed by atoms with E-state index in [4.69, 9.17) is 5.73 Å². The van der Waals surface area contributed by atoms with Gasteiger partial charge in [-0.2, -0.15) is 0 Å². The Morgan fingerprint density at radius 1 is 1.32 bits per heavy atom. The van der Waals surface area contributed by atoms with Crippen molar-refractivity contribution in [3.05, 3.63) is 29.8 Å². The Hall–Kier alpha value is -1.51. The fourth-order valence-electron chi connectivity index (χ4n) is 3.93. The van der Waals surface area contributed by atoms with Gasteiger partial charge in [-0.3, -0.25) is 4.79 Å². The number of hydrogen-bond acceptors (Lipinski definition) is 2. The van der Waals surface area contributed by atoms with Gasteiger partial charge in [0.2, 0.25) is 0 Å². The molecule has 2 fully saturated rings. The number of anilines is 1. The van der Waals surface area contributed by atoms with Crippen molar-refractivity contribution in [2.75, 3.05) is 19.3 Å². The first-order chi connectivity index (χ1) is 9.15. The molecule has 0 aromatic heterocycles. The average Bonchev–Trinajstić information content (AvgIpc) is 3.00. The molecule has 2 aliphatic carbocycles. The summed E-state index contributed by atoms with van der Waals surface area (Å²) in [6, 6.07) is 7.34. The van der Waals surface area contributed by atoms with Crippen LogP contribution >= 0.6 is 0 Å². The number of nitrogens with two attached hydrogens (primary N) is 1. The summed E-state index contributed by atoms with van der Waals surface area (Å²) < 4.78 is 0. The summed E-state index contributed by atoms with van der Waals surface area (Å²) in [6.45, 7) is 0.883. The first-order valence-electron chi connectivity index (χ1n) is 7.25. The molecule has 3 heteroatoms. The first kappa shape index (κ1) is 12.5. The van der Waals surface area contributed by atoms with Crippen LogP contribution in [0, 0.1) is 17.8 Å². The van der Waals surface area contributed by atoms with Crippen molar-refractivity contribution in [1.29, 1.82) is 0 Å². The molecule has 1 amide bonds. The number of benzene rings is 1. The van der Waals surface area contributed by atoms with Crippen LogP contribution in [0.5, 0.6) is 0 Å². The van der Waals surface area contributed by atoms with Gasteiger partial charge in [0, 0.05) is 19.3 Å². The maximum Gasteiger partial charge on any atom is 0.255 e. The summed E-state index contributed by atoms with van der Waals surface area (Å²) >= 11 is 0. The zero-order valence-electron chi connectivity index (χ0n) is 11.5. The SMILES string of the molecule is CN(CC1CC2CCC1C2)C(=O)c1ccccc1N. The summed E-state index contributed by atoms with van der Waals surface area (Å²) in [5.41, 5.74) is 7.09. The monoisotopic (exact) mass is 258 g/mol. The predicted molar refractivity (Wildman–Crippen MR) is 76.8 cm³/mol. The number of amides is 1. The van der Waals surface area contributed by atoms with Crippen molar-refractivity contribution in [3.63, 3.8) is 0 Å². The fourth-order valence-corrected chi connectivity index (χ4v) is 3.93. The van der Waals surface area contributed by atoms with Gasteiger partial charge in [0.05, 0.1) is 5.56 Å². The molecular formula is C16H22N2O. The lowest BCUT2D eigenvalue weighted by Crippen LogP contribution is -2.34. The van der Waals surface area contributed by atoms with Crippen molar-refractivity contribution in [3.8, 4) is 0 Å². The van der Waals surface area contributed by atoms with E-state index in [1.165, 1.54) is 25.7 Å². The molecule has 0 radical (unpaired) electrons. The van der Waals surface area contributed by atoms with Crippen molar-refractivity contribution >= 4 is 11.6 Å². The normalized spacial score (nSPS) is 28.6. The van der Waals surface area contributed by atoms with E-state index in [-0.39, 0.29) is 5.91 Å². The fraction of sp³-hybridized carbons (Fsp3) is 0.562. The molecule has 1 aromatic carbocycles. The van der Waals surface area contributed by atoms with Gasteiger partial charge in [0.25, 0.3) is 5.91 Å². The van der Waals surface area contributed by atoms with Gasteiger partial charge in [-0.05, 0) is 49.1 Å². The Kier molecular flexibility index (Phi) is 3.21. The Morgan fingerprint density at radius 3 is 2.74 bits per heavy atom. The Bertz CT molecular complexity index is 485. The summed E-state index contributed by atoms with van der Waals surface area (Å²) in [4.78, 5) is 14.3. The standard InChI is InChI=1S/C16H22N2O/c1-18(10-13-9-11-6-7-12(13)8-11)16(19)14-4-2-3-5-15(14)17/h2-5,11-13H,6-10,17H2,1H3. The number of fused-ring (bicyclic) bond motifs is 2. The van der Waals surface area contributed by atoms with Crippen LogP contribution in [0.1, 0.15) is 36.0 Å². The van der Waals surface area contributed by atoms with Crippen LogP contribution in [-0.4, -0.2) is 24.4 Å². The summed E-state index contributed by atoms with van der Waals surface area (Å²) in [7, 11) is 1.90. The zero-order valence-corrected chi connectivity index (χ0v) is 11.5. The van der Waals surface area contributed by atoms with Gasteiger partial charge >= 0.3 is 0 Å². The van der Waals surface area contributed by atoms with Crippen LogP contribution in [-0.2, 0) is 0 Å². The highest BCUT2D eigenvalue weighted by Crippen LogP contribution is 2.48. The topological polar surface area (TPSA) is 46.3 Å². The van der Waals surface area contributed by atoms with Gasteiger partial charge in [-0.15, -0.1) is 0 Å². The lowest BCUT2D eigenvalue weighted by atomic mass is 9.88. The summed E-state index contributed by atoms with van der Waals surface area (Å²) in [5, 5.41) is 0. The lowest BCUT2D eigenvalue weighted by Gasteiger charge is -2.27. The van der Waals surface area contributed by atoms with Gasteiger partial charge in [-0.1, -0.05) is 18.6 Å². The molecule has 2 saturated carbocycles. The minimum atomic E-state index is 0.0564. The highest BCUT2D eigenvalue weighted by molar-refractivity contribution is 5.98. The molecular weight excluding hydrogens is 236 g/mol. The Labute approximate surface area is 114 Å². The quantitative estimate of drug-likeness (QED) is 0.847. The second-order valence-corrected chi connectivity index (χ2v) is 6.21. The highest BCUT2D eigenvalue weighted by Gasteiger charge is 2.40. The largest absolute Gasteiger partial charge is 0.398 e. The lowest BCUT2D eigenvalue weighted by molar-refractivity contribution is 0.0755. The molecule has 3 atom stereocenters. The smallest absolute Gasteiger partial charge is 0.255 e. The number of para-hydroxylation sites is 1. The summed E-state index contributed by atoms with van der Waals surface area (Å²) in [5.74, 6) is 2.55. The molecule has 1 aromatic rings. The molecule has 2 aliphatic rings. The van der Waals surface area contributed by atoms with E-state index >= 15 is 0 Å². The third kappa shape index (κ3) is 2.34. The number of nitrogen functional groups attached to an aromatic ring is 1. The zero-order chi connectivity index (χ0) is 13.4. The number of nitrogens with zero attached hydrogens (tertiary/aromatic N) is 1. The van der Waals surface area contributed by atoms with E-state index in [1.807, 2.05) is 30.1 Å². The molecule has 19 heavy (non-hydrogen) atoms. The van der Waals surface area contributed by atoms with Crippen molar-refractivity contribution in [1.82, 2.24) is 4.90 Å². The van der Waals surface area contributed by atoms with Crippen LogP contribution in [0.2, 0.25) is 0 Å². The van der Waals surface area contributed by atoms with Crippen molar-refractivity contribution in [2.24, 2.45) is 17.8 Å². The Balaban J connectivity index is 1.66. The maximum atomic E-state index is 12.4. The third-order valence-electron chi connectivity index (χ3n) is 4.93. The minimum absolute atomic E-state index is 0.0564. The minimum Gasteiger partial charge on any atom is -0.398 e. The first-order valence-corrected chi connectivity index (χ1v) is 7.25. The Morgan fingerprint density at radius 2 is 2.11 bits per heavy atom. The van der Waals surface area contributed by atoms with Crippen molar-refractivity contribution < 1.29 is 4.79 Å². The van der Waals surface area contributed by atoms with E-state index in [0.29, 0.717) is 17.2 Å². The molecule has 0 heterocycles. The van der Waals surface area contributed by atoms with Gasteiger partial charge in [0.1, 0.15) is 0 Å². The number of rotatable bonds is 3. The van der Waals surface area contributed by atoms with E-state index in [1.54, 1.807) is 6.07 Å². The van der Waals surface area contributed by atoms with E-state index in [0.717, 1.165) is 18.4 Å². The average molecular weight is 258 g/mol. The van der Waals surface area contributed by atoms with Crippen LogP contribution in [0.25, 0.3) is 0 Å². The molecule has 2 bridgehead atoms. The van der Waals surface area contributed by atoms with Crippen LogP contribution in [0.4, 0.5) is 5.69 Å². The molecule has 3 nitrogen and oxygen atoms in total. The predicted octanol–water partition coefficient (Wildman–Crippen LogP) is 2.78. The molecule has 0 spiro atoms. The molecule has 3 unspecified atom stereocenters. The van der Waals surface area contributed by atoms with E-state index in [9.17, 15) is 4.79 Å². The van der Waals surface area contributed by atoms with Gasteiger partial charge in [0.15, 0.2) is 0 Å². The molecule has 0 aliphatic heterocycles. The highest BCUT2D eigenvalue weighted by atomic mass is 16.2. The van der Waals surface area contributed by atoms with Gasteiger partial charge < -0.3 is 10.6 Å². The molecule has 3 rings (SSSR count). The molecule has 102 valence electrons. The van der Waals surface area contributed by atoms with Crippen LogP contribution in [0.3, 0.4) is 0 Å². The summed E-state index contributed by atoms with van der Waals surface area (Å²) in [6.07, 6.45) is 5.47. The van der Waals surface area contributed by atoms with Crippen LogP contribution in [0.15, 0.2) is 24.3 Å². The number of carbonyl (C=O) groups excluding carboxylic acids is 1. The number of hydrogen-bond donors (Lipinski definition) is 1. The van der Waals surface area contributed by atoms with Gasteiger partial charge in [-0.25, -0.2) is 0 Å². The number of carbonyl (C=O) groups is 1. The second-order valence-electron chi connectivity index (χ2n) is 6.21. The maximum absolute atomic E-state index is 12.4. The third-order valence-corrected chi connectivity index (χ3v) is 4.93. The van der Waals surface area contributed by atoms with Crippen LogP contribution < -0.4 is 5.73 Å². The van der Waals surface area contributed by atoms with Crippen molar-refractivity contribution in [2.45, 2.75) is 25.7 Å². The molecule has 0 saturated heterocycles. The second kappa shape index (κ2) is 4.87. The van der Waals surface area contributed by atoms with E-state index in [2.05, 4.69) is 0 Å². The van der Waals surface area contributed by atoms with E-state index < -0.39 is 0 Å². The molecule has 2 N–H and O–H groups in total.